The molecule has 0 bridgehead atoms. The van der Waals surface area contributed by atoms with Crippen LogP contribution in [0, 0.1) is 5.82 Å². The molecule has 0 aliphatic rings. The van der Waals surface area contributed by atoms with Crippen molar-refractivity contribution < 1.29 is 22.7 Å². The van der Waals surface area contributed by atoms with Gasteiger partial charge in [-0.25, -0.2) is 4.39 Å². The number of aliphatic hydroxyl groups is 1. The lowest BCUT2D eigenvalue weighted by molar-refractivity contribution is -0.140. The zero-order valence-electron chi connectivity index (χ0n) is 8.26. The van der Waals surface area contributed by atoms with Crippen LogP contribution in [0.3, 0.4) is 0 Å². The third-order valence-corrected chi connectivity index (χ3v) is 2.13. The van der Waals surface area contributed by atoms with Crippen LogP contribution >= 0.6 is 0 Å². The van der Waals surface area contributed by atoms with Gasteiger partial charge in [0, 0.05) is 5.56 Å². The Morgan fingerprint density at radius 1 is 1.31 bits per heavy atom. The van der Waals surface area contributed by atoms with Crippen molar-refractivity contribution in [2.24, 2.45) is 5.73 Å². The number of aliphatic hydroxyl groups excluding tert-OH is 1. The fraction of sp³-hybridized carbons (Fsp3) is 0.400. The molecule has 1 aromatic carbocycles. The highest BCUT2D eigenvalue weighted by Crippen LogP contribution is 2.34. The van der Waals surface area contributed by atoms with E-state index in [9.17, 15) is 22.7 Å². The second-order valence-corrected chi connectivity index (χ2v) is 3.30. The first-order valence-corrected chi connectivity index (χ1v) is 4.61. The normalized spacial score (nSPS) is 13.9. The molecule has 0 aliphatic carbocycles. The average Bonchev–Trinajstić information content (AvgIpc) is 2.16. The molecule has 0 saturated heterocycles. The molecule has 16 heavy (non-hydrogen) atoms. The zero-order valence-corrected chi connectivity index (χ0v) is 8.26. The number of hydrogen-bond acceptors (Lipinski definition) is 2. The Labute approximate surface area is 89.7 Å². The van der Waals surface area contributed by atoms with Gasteiger partial charge in [0.05, 0.1) is 11.7 Å². The van der Waals surface area contributed by atoms with Crippen molar-refractivity contribution in [2.75, 3.05) is 6.54 Å². The van der Waals surface area contributed by atoms with Crippen molar-refractivity contribution in [1.29, 1.82) is 0 Å². The molecule has 1 aromatic rings. The smallest absolute Gasteiger partial charge is 0.388 e. The highest BCUT2D eigenvalue weighted by molar-refractivity contribution is 5.29. The lowest BCUT2D eigenvalue weighted by Crippen LogP contribution is -2.13. The van der Waals surface area contributed by atoms with Crippen LogP contribution in [0.1, 0.15) is 23.7 Å². The van der Waals surface area contributed by atoms with Crippen LogP contribution in [-0.2, 0) is 6.18 Å². The van der Waals surface area contributed by atoms with E-state index in [1.54, 1.807) is 0 Å². The van der Waals surface area contributed by atoms with Crippen LogP contribution in [0.2, 0.25) is 0 Å². The first kappa shape index (κ1) is 12.9. The summed E-state index contributed by atoms with van der Waals surface area (Å²) in [6.07, 6.45) is -6.06. The van der Waals surface area contributed by atoms with Crippen molar-refractivity contribution in [3.8, 4) is 0 Å². The van der Waals surface area contributed by atoms with Crippen molar-refractivity contribution in [3.63, 3.8) is 0 Å². The summed E-state index contributed by atoms with van der Waals surface area (Å²) in [4.78, 5) is 0. The molecule has 1 rings (SSSR count). The molecule has 0 fully saturated rings. The van der Waals surface area contributed by atoms with Crippen LogP contribution in [0.4, 0.5) is 17.6 Å². The van der Waals surface area contributed by atoms with E-state index in [-0.39, 0.29) is 18.5 Å². The molecule has 0 radical (unpaired) electrons. The molecule has 2 nitrogen and oxygen atoms in total. The number of nitrogens with two attached hydrogens (primary N) is 1. The average molecular weight is 237 g/mol. The first-order chi connectivity index (χ1) is 7.38. The van der Waals surface area contributed by atoms with E-state index in [4.69, 9.17) is 5.73 Å². The van der Waals surface area contributed by atoms with Gasteiger partial charge in [-0.2, -0.15) is 13.2 Å². The first-order valence-electron chi connectivity index (χ1n) is 4.61. The van der Waals surface area contributed by atoms with E-state index in [1.807, 2.05) is 0 Å². The number of rotatable bonds is 3. The van der Waals surface area contributed by atoms with Crippen LogP contribution in [0.5, 0.6) is 0 Å². The molecule has 1 atom stereocenters. The van der Waals surface area contributed by atoms with Crippen molar-refractivity contribution >= 4 is 0 Å². The maximum atomic E-state index is 13.4. The van der Waals surface area contributed by atoms with Gasteiger partial charge in [0.15, 0.2) is 0 Å². The molecule has 0 amide bonds. The Balaban J connectivity index is 3.14. The second-order valence-electron chi connectivity index (χ2n) is 3.30. The quantitative estimate of drug-likeness (QED) is 0.792. The number of hydrogen-bond donors (Lipinski definition) is 2. The summed E-state index contributed by atoms with van der Waals surface area (Å²) >= 11 is 0. The third-order valence-electron chi connectivity index (χ3n) is 2.13. The largest absolute Gasteiger partial charge is 0.419 e. The SMILES string of the molecule is NCC[C@@H](O)c1cccc(C(F)(F)F)c1F. The molecular weight excluding hydrogens is 226 g/mol. The van der Waals surface area contributed by atoms with Crippen molar-refractivity contribution in [2.45, 2.75) is 18.7 Å². The lowest BCUT2D eigenvalue weighted by atomic mass is 10.0. The Kier molecular flexibility index (Phi) is 3.88. The maximum Gasteiger partial charge on any atom is 0.419 e. The minimum atomic E-state index is -4.76. The van der Waals surface area contributed by atoms with Gasteiger partial charge in [-0.3, -0.25) is 0 Å². The second kappa shape index (κ2) is 4.80. The van der Waals surface area contributed by atoms with E-state index >= 15 is 0 Å². The lowest BCUT2D eigenvalue weighted by Gasteiger charge is -2.14. The number of benzene rings is 1. The molecule has 0 heterocycles. The summed E-state index contributed by atoms with van der Waals surface area (Å²) in [7, 11) is 0. The van der Waals surface area contributed by atoms with Crippen LogP contribution < -0.4 is 5.73 Å². The predicted octanol–water partition coefficient (Wildman–Crippen LogP) is 2.23. The molecule has 3 N–H and O–H groups in total. The van der Waals surface area contributed by atoms with E-state index in [2.05, 4.69) is 0 Å². The van der Waals surface area contributed by atoms with E-state index < -0.39 is 23.7 Å². The van der Waals surface area contributed by atoms with Crippen LogP contribution in [0.25, 0.3) is 0 Å². The van der Waals surface area contributed by atoms with Gasteiger partial charge in [0.25, 0.3) is 0 Å². The van der Waals surface area contributed by atoms with Crippen LogP contribution in [-0.4, -0.2) is 11.7 Å². The van der Waals surface area contributed by atoms with Crippen molar-refractivity contribution in [1.82, 2.24) is 0 Å². The Morgan fingerprint density at radius 3 is 2.44 bits per heavy atom. The van der Waals surface area contributed by atoms with Gasteiger partial charge in [-0.1, -0.05) is 12.1 Å². The summed E-state index contributed by atoms with van der Waals surface area (Å²) in [5.74, 6) is -1.43. The molecule has 0 aromatic heterocycles. The Bertz CT molecular complexity index is 364. The molecule has 0 spiro atoms. The fourth-order valence-electron chi connectivity index (χ4n) is 1.34. The zero-order chi connectivity index (χ0) is 12.3. The summed E-state index contributed by atoms with van der Waals surface area (Å²) in [5.41, 5.74) is 3.39. The van der Waals surface area contributed by atoms with Gasteiger partial charge in [-0.15, -0.1) is 0 Å². The minimum absolute atomic E-state index is 0.0121. The maximum absolute atomic E-state index is 13.4. The van der Waals surface area contributed by atoms with Crippen LogP contribution in [0.15, 0.2) is 18.2 Å². The summed E-state index contributed by atoms with van der Waals surface area (Å²) in [6, 6.07) is 2.81. The standard InChI is InChI=1S/C10H11F4NO/c11-9-6(8(16)4-5-15)2-1-3-7(9)10(12,13)14/h1-3,8,16H,4-5,15H2/t8-/m1/s1. The molecule has 0 saturated carbocycles. The van der Waals surface area contributed by atoms with Gasteiger partial charge >= 0.3 is 6.18 Å². The predicted molar refractivity (Wildman–Crippen MR) is 50.0 cm³/mol. The summed E-state index contributed by atoms with van der Waals surface area (Å²) in [6.45, 7) is 0.0663. The minimum Gasteiger partial charge on any atom is -0.388 e. The monoisotopic (exact) mass is 237 g/mol. The molecule has 0 unspecified atom stereocenters. The number of halogens is 4. The molecule has 90 valence electrons. The molecule has 6 heteroatoms. The van der Waals surface area contributed by atoms with Crippen molar-refractivity contribution in [3.05, 3.63) is 35.1 Å². The van der Waals surface area contributed by atoms with Gasteiger partial charge in [0.2, 0.25) is 0 Å². The third kappa shape index (κ3) is 2.70. The van der Waals surface area contributed by atoms with Gasteiger partial charge in [0.1, 0.15) is 5.82 Å². The fourth-order valence-corrected chi connectivity index (χ4v) is 1.34. The molecular formula is C10H11F4NO. The van der Waals surface area contributed by atoms with Gasteiger partial charge < -0.3 is 10.8 Å². The number of alkyl halides is 3. The highest BCUT2D eigenvalue weighted by Gasteiger charge is 2.35. The highest BCUT2D eigenvalue weighted by atomic mass is 19.4. The summed E-state index contributed by atoms with van der Waals surface area (Å²) < 4.78 is 50.4. The van der Waals surface area contributed by atoms with Gasteiger partial charge in [-0.05, 0) is 19.0 Å². The summed E-state index contributed by atoms with van der Waals surface area (Å²) in [5, 5.41) is 9.40. The Hall–Kier alpha value is -1.14. The van der Waals surface area contributed by atoms with E-state index in [0.717, 1.165) is 12.1 Å². The Morgan fingerprint density at radius 2 is 1.94 bits per heavy atom. The molecule has 0 aliphatic heterocycles. The van der Waals surface area contributed by atoms with E-state index in [0.29, 0.717) is 6.07 Å². The topological polar surface area (TPSA) is 46.2 Å². The van der Waals surface area contributed by atoms with E-state index in [1.165, 1.54) is 0 Å².